The quantitative estimate of drug-likeness (QED) is 0.761. The maximum atomic E-state index is 11.9. The van der Waals surface area contributed by atoms with Gasteiger partial charge in [0.05, 0.1) is 13.7 Å². The molecule has 7 nitrogen and oxygen atoms in total. The largest absolute Gasteiger partial charge is 0.453 e. The second kappa shape index (κ2) is 6.88. The fourth-order valence-electron chi connectivity index (χ4n) is 1.76. The summed E-state index contributed by atoms with van der Waals surface area (Å²) < 4.78 is 9.84. The minimum atomic E-state index is -0.538. The van der Waals surface area contributed by atoms with Crippen LogP contribution >= 0.6 is 0 Å². The van der Waals surface area contributed by atoms with Gasteiger partial charge in [0.1, 0.15) is 6.10 Å². The first-order chi connectivity index (χ1) is 9.69. The molecule has 1 aromatic carbocycles. The molecule has 0 aliphatic carbocycles. The number of carbonyl (C=O) groups excluding carboxylic acids is 2. The van der Waals surface area contributed by atoms with Crippen molar-refractivity contribution in [1.82, 2.24) is 5.32 Å². The highest BCUT2D eigenvalue weighted by Crippen LogP contribution is 2.14. The van der Waals surface area contributed by atoms with E-state index in [-0.39, 0.29) is 5.91 Å². The van der Waals surface area contributed by atoms with Crippen LogP contribution < -0.4 is 16.0 Å². The van der Waals surface area contributed by atoms with Crippen LogP contribution in [0.4, 0.5) is 16.2 Å². The molecule has 0 saturated carbocycles. The summed E-state index contributed by atoms with van der Waals surface area (Å²) in [5.41, 5.74) is 1.23. The molecule has 20 heavy (non-hydrogen) atoms. The minimum absolute atomic E-state index is 0.189. The van der Waals surface area contributed by atoms with E-state index < -0.39 is 12.2 Å². The average Bonchev–Trinajstić information content (AvgIpc) is 2.50. The van der Waals surface area contributed by atoms with E-state index in [1.54, 1.807) is 24.3 Å². The van der Waals surface area contributed by atoms with Gasteiger partial charge in [0.25, 0.3) is 5.91 Å². The maximum Gasteiger partial charge on any atom is 0.411 e. The van der Waals surface area contributed by atoms with E-state index in [0.29, 0.717) is 24.5 Å². The first-order valence-electron chi connectivity index (χ1n) is 6.27. The van der Waals surface area contributed by atoms with E-state index in [2.05, 4.69) is 20.7 Å². The number of benzene rings is 1. The summed E-state index contributed by atoms with van der Waals surface area (Å²) in [6.07, 6.45) is -1.01. The van der Waals surface area contributed by atoms with Crippen LogP contribution in [0.25, 0.3) is 0 Å². The lowest BCUT2D eigenvalue weighted by Gasteiger charge is -2.22. The standard InChI is InChI=1S/C13H17N3O4/c1-19-13(18)16-10-4-2-9(3-5-10)15-12(17)11-8-14-6-7-20-11/h2-5,11,14H,6-8H2,1H3,(H,15,17)(H,16,18). The Morgan fingerprint density at radius 2 is 1.90 bits per heavy atom. The van der Waals surface area contributed by atoms with E-state index in [0.717, 1.165) is 6.54 Å². The van der Waals surface area contributed by atoms with E-state index in [4.69, 9.17) is 4.74 Å². The summed E-state index contributed by atoms with van der Waals surface area (Å²) >= 11 is 0. The number of methoxy groups -OCH3 is 1. The molecule has 1 aromatic rings. The number of hydrogen-bond donors (Lipinski definition) is 3. The van der Waals surface area contributed by atoms with Crippen LogP contribution in [0.1, 0.15) is 0 Å². The number of hydrogen-bond acceptors (Lipinski definition) is 5. The Kier molecular flexibility index (Phi) is 4.91. The van der Waals surface area contributed by atoms with E-state index in [1.807, 2.05) is 0 Å². The zero-order valence-electron chi connectivity index (χ0n) is 11.1. The summed E-state index contributed by atoms with van der Waals surface area (Å²) in [6, 6.07) is 6.73. The van der Waals surface area contributed by atoms with Crippen molar-refractivity contribution >= 4 is 23.4 Å². The first kappa shape index (κ1) is 14.3. The van der Waals surface area contributed by atoms with Gasteiger partial charge in [0.15, 0.2) is 0 Å². The molecule has 108 valence electrons. The predicted octanol–water partition coefficient (Wildman–Crippen LogP) is 0.792. The Morgan fingerprint density at radius 1 is 1.25 bits per heavy atom. The molecule has 1 saturated heterocycles. The number of rotatable bonds is 3. The Labute approximate surface area is 116 Å². The molecule has 0 bridgehead atoms. The zero-order chi connectivity index (χ0) is 14.4. The van der Waals surface area contributed by atoms with Crippen molar-refractivity contribution in [2.75, 3.05) is 37.4 Å². The van der Waals surface area contributed by atoms with Gasteiger partial charge in [-0.25, -0.2) is 4.79 Å². The summed E-state index contributed by atoms with van der Waals surface area (Å²) in [5.74, 6) is -0.189. The van der Waals surface area contributed by atoms with Crippen molar-refractivity contribution in [3.8, 4) is 0 Å². The molecule has 0 aromatic heterocycles. The molecular weight excluding hydrogens is 262 g/mol. The third-order valence-corrected chi connectivity index (χ3v) is 2.80. The van der Waals surface area contributed by atoms with Crippen molar-refractivity contribution in [2.45, 2.75) is 6.10 Å². The Bertz CT molecular complexity index is 469. The second-order valence-corrected chi connectivity index (χ2v) is 4.25. The molecule has 1 aliphatic heterocycles. The molecule has 7 heteroatoms. The average molecular weight is 279 g/mol. The first-order valence-corrected chi connectivity index (χ1v) is 6.27. The summed E-state index contributed by atoms with van der Waals surface area (Å²) in [5, 5.41) is 8.38. The maximum absolute atomic E-state index is 11.9. The SMILES string of the molecule is COC(=O)Nc1ccc(NC(=O)C2CNCCO2)cc1. The number of ether oxygens (including phenoxy) is 2. The van der Waals surface area contributed by atoms with Crippen molar-refractivity contribution in [1.29, 1.82) is 0 Å². The highest BCUT2D eigenvalue weighted by atomic mass is 16.5. The molecular formula is C13H17N3O4. The Hall–Kier alpha value is -2.12. The summed E-state index contributed by atoms with van der Waals surface area (Å²) in [4.78, 5) is 22.9. The van der Waals surface area contributed by atoms with Gasteiger partial charge in [-0.1, -0.05) is 0 Å². The Morgan fingerprint density at radius 3 is 2.45 bits per heavy atom. The van der Waals surface area contributed by atoms with E-state index in [9.17, 15) is 9.59 Å². The van der Waals surface area contributed by atoms with Crippen LogP contribution in [0.5, 0.6) is 0 Å². The lowest BCUT2D eigenvalue weighted by molar-refractivity contribution is -0.128. The topological polar surface area (TPSA) is 88.7 Å². The van der Waals surface area contributed by atoms with Crippen LogP contribution in [0.2, 0.25) is 0 Å². The molecule has 1 heterocycles. The number of morpholine rings is 1. The van der Waals surface area contributed by atoms with Crippen molar-refractivity contribution < 1.29 is 19.1 Å². The predicted molar refractivity (Wildman–Crippen MR) is 73.7 cm³/mol. The molecule has 1 fully saturated rings. The molecule has 1 atom stereocenters. The summed E-state index contributed by atoms with van der Waals surface area (Å²) in [7, 11) is 1.29. The zero-order valence-corrected chi connectivity index (χ0v) is 11.1. The molecule has 2 amide bonds. The molecule has 3 N–H and O–H groups in total. The van der Waals surface area contributed by atoms with Gasteiger partial charge in [0.2, 0.25) is 0 Å². The van der Waals surface area contributed by atoms with Crippen LogP contribution in [-0.4, -0.2) is 44.9 Å². The van der Waals surface area contributed by atoms with Crippen LogP contribution in [0.3, 0.4) is 0 Å². The second-order valence-electron chi connectivity index (χ2n) is 4.25. The third kappa shape index (κ3) is 3.94. The van der Waals surface area contributed by atoms with Gasteiger partial charge < -0.3 is 20.1 Å². The minimum Gasteiger partial charge on any atom is -0.453 e. The lowest BCUT2D eigenvalue weighted by atomic mass is 10.2. The van der Waals surface area contributed by atoms with Gasteiger partial charge in [-0.2, -0.15) is 0 Å². The smallest absolute Gasteiger partial charge is 0.411 e. The normalized spacial score (nSPS) is 18.1. The highest BCUT2D eigenvalue weighted by Gasteiger charge is 2.21. The van der Waals surface area contributed by atoms with Crippen LogP contribution in [0, 0.1) is 0 Å². The summed E-state index contributed by atoms with van der Waals surface area (Å²) in [6.45, 7) is 1.80. The Balaban J connectivity index is 1.89. The van der Waals surface area contributed by atoms with E-state index in [1.165, 1.54) is 7.11 Å². The van der Waals surface area contributed by atoms with Crippen molar-refractivity contribution in [2.24, 2.45) is 0 Å². The van der Waals surface area contributed by atoms with Gasteiger partial charge in [-0.3, -0.25) is 10.1 Å². The van der Waals surface area contributed by atoms with Gasteiger partial charge in [0, 0.05) is 24.5 Å². The van der Waals surface area contributed by atoms with Crippen molar-refractivity contribution in [3.63, 3.8) is 0 Å². The lowest BCUT2D eigenvalue weighted by Crippen LogP contribution is -2.45. The van der Waals surface area contributed by atoms with Gasteiger partial charge in [-0.05, 0) is 24.3 Å². The van der Waals surface area contributed by atoms with E-state index >= 15 is 0 Å². The third-order valence-electron chi connectivity index (χ3n) is 2.80. The molecule has 1 unspecified atom stereocenters. The van der Waals surface area contributed by atoms with Gasteiger partial charge >= 0.3 is 6.09 Å². The van der Waals surface area contributed by atoms with Gasteiger partial charge in [-0.15, -0.1) is 0 Å². The fraction of sp³-hybridized carbons (Fsp3) is 0.385. The number of nitrogens with one attached hydrogen (secondary N) is 3. The van der Waals surface area contributed by atoms with Crippen LogP contribution in [0.15, 0.2) is 24.3 Å². The molecule has 1 aliphatic rings. The monoisotopic (exact) mass is 279 g/mol. The number of carbonyl (C=O) groups is 2. The van der Waals surface area contributed by atoms with Crippen LogP contribution in [-0.2, 0) is 14.3 Å². The molecule has 2 rings (SSSR count). The fourth-order valence-corrected chi connectivity index (χ4v) is 1.76. The number of amides is 2. The highest BCUT2D eigenvalue weighted by molar-refractivity contribution is 5.94. The molecule has 0 spiro atoms. The van der Waals surface area contributed by atoms with Crippen molar-refractivity contribution in [3.05, 3.63) is 24.3 Å². The molecule has 0 radical (unpaired) electrons. The number of anilines is 2.